The van der Waals surface area contributed by atoms with Gasteiger partial charge in [-0.2, -0.15) is 0 Å². The summed E-state index contributed by atoms with van der Waals surface area (Å²) in [6.07, 6.45) is 6.89. The summed E-state index contributed by atoms with van der Waals surface area (Å²) in [6.45, 7) is 1.04. The number of amides is 1. The minimum absolute atomic E-state index is 0.0844. The standard InChI is InChI=1S/C21H24F2N4O2/c22-21(23)11-27(12-21)16-4-2-15(3-5-16)25-20(28)14-1-6-19-17(9-14)18-10-24-13-26(18)7-8-29-19/h1,6,9-10,13,15-16H,2-5,7-8,11-12H2,(H,25,28). The van der Waals surface area contributed by atoms with Gasteiger partial charge in [-0.15, -0.1) is 0 Å². The van der Waals surface area contributed by atoms with E-state index >= 15 is 0 Å². The molecule has 2 aromatic rings. The molecule has 0 atom stereocenters. The normalized spacial score (nSPS) is 25.7. The van der Waals surface area contributed by atoms with Gasteiger partial charge in [-0.05, 0) is 43.9 Å². The van der Waals surface area contributed by atoms with Crippen molar-refractivity contribution in [2.24, 2.45) is 0 Å². The molecule has 6 nitrogen and oxygen atoms in total. The number of hydrogen-bond acceptors (Lipinski definition) is 4. The van der Waals surface area contributed by atoms with Gasteiger partial charge in [0.15, 0.2) is 0 Å². The molecule has 1 aromatic heterocycles. The molecule has 0 radical (unpaired) electrons. The van der Waals surface area contributed by atoms with Crippen molar-refractivity contribution in [3.8, 4) is 17.0 Å². The average molecular weight is 402 g/mol. The van der Waals surface area contributed by atoms with Crippen molar-refractivity contribution in [3.63, 3.8) is 0 Å². The lowest BCUT2D eigenvalue weighted by Crippen LogP contribution is -2.60. The zero-order valence-electron chi connectivity index (χ0n) is 16.1. The number of rotatable bonds is 3. The topological polar surface area (TPSA) is 59.4 Å². The number of fused-ring (bicyclic) bond motifs is 3. The third kappa shape index (κ3) is 3.61. The second kappa shape index (κ2) is 7.09. The minimum Gasteiger partial charge on any atom is -0.491 e. The van der Waals surface area contributed by atoms with E-state index in [9.17, 15) is 13.6 Å². The quantitative estimate of drug-likeness (QED) is 0.858. The lowest BCUT2D eigenvalue weighted by molar-refractivity contribution is -0.150. The first-order valence-corrected chi connectivity index (χ1v) is 10.2. The van der Waals surface area contributed by atoms with Gasteiger partial charge in [-0.3, -0.25) is 9.69 Å². The number of carbonyl (C=O) groups is 1. The smallest absolute Gasteiger partial charge is 0.272 e. The highest BCUT2D eigenvalue weighted by atomic mass is 19.3. The number of aromatic nitrogens is 2. The summed E-state index contributed by atoms with van der Waals surface area (Å²) < 4.78 is 34.0. The fraction of sp³-hybridized carbons (Fsp3) is 0.524. The molecule has 8 heteroatoms. The van der Waals surface area contributed by atoms with Gasteiger partial charge in [0, 0.05) is 23.2 Å². The van der Waals surface area contributed by atoms with Crippen molar-refractivity contribution in [1.82, 2.24) is 19.8 Å². The molecule has 0 bridgehead atoms. The lowest BCUT2D eigenvalue weighted by atomic mass is 9.88. The molecule has 1 aliphatic carbocycles. The van der Waals surface area contributed by atoms with Crippen molar-refractivity contribution >= 4 is 5.91 Å². The molecule has 1 N–H and O–H groups in total. The highest BCUT2D eigenvalue weighted by Crippen LogP contribution is 2.35. The van der Waals surface area contributed by atoms with E-state index in [1.165, 1.54) is 0 Å². The maximum Gasteiger partial charge on any atom is 0.272 e. The summed E-state index contributed by atoms with van der Waals surface area (Å²) in [5.41, 5.74) is 2.40. The van der Waals surface area contributed by atoms with Crippen LogP contribution in [0.3, 0.4) is 0 Å². The molecule has 154 valence electrons. The minimum atomic E-state index is -2.52. The molecule has 2 aliphatic heterocycles. The molecule has 3 heterocycles. The Morgan fingerprint density at radius 3 is 2.76 bits per heavy atom. The first kappa shape index (κ1) is 18.5. The second-order valence-electron chi connectivity index (χ2n) is 8.27. The Bertz CT molecular complexity index is 913. The summed E-state index contributed by atoms with van der Waals surface area (Å²) in [5.74, 6) is -1.87. The van der Waals surface area contributed by atoms with Crippen LogP contribution in [0.2, 0.25) is 0 Å². The number of halogens is 2. The second-order valence-corrected chi connectivity index (χ2v) is 8.27. The number of nitrogens with one attached hydrogen (secondary N) is 1. The fourth-order valence-corrected chi connectivity index (χ4v) is 4.63. The van der Waals surface area contributed by atoms with Crippen molar-refractivity contribution in [2.45, 2.75) is 50.2 Å². The number of benzene rings is 1. The van der Waals surface area contributed by atoms with Gasteiger partial charge in [-0.1, -0.05) is 0 Å². The molecular weight excluding hydrogens is 378 g/mol. The van der Waals surface area contributed by atoms with Crippen molar-refractivity contribution in [3.05, 3.63) is 36.3 Å². The number of likely N-dealkylation sites (tertiary alicyclic amines) is 1. The summed E-state index contributed by atoms with van der Waals surface area (Å²) in [5, 5.41) is 3.12. The molecule has 0 unspecified atom stereocenters. The molecule has 5 rings (SSSR count). The number of alkyl halides is 2. The molecule has 29 heavy (non-hydrogen) atoms. The van der Waals surface area contributed by atoms with Crippen LogP contribution in [0.5, 0.6) is 5.75 Å². The number of nitrogens with zero attached hydrogens (tertiary/aromatic N) is 3. The maximum atomic E-state index is 13.1. The van der Waals surface area contributed by atoms with Crippen LogP contribution >= 0.6 is 0 Å². The van der Waals surface area contributed by atoms with Crippen LogP contribution in [0.4, 0.5) is 8.78 Å². The number of hydrogen-bond donors (Lipinski definition) is 1. The predicted molar refractivity (Wildman–Crippen MR) is 103 cm³/mol. The largest absolute Gasteiger partial charge is 0.491 e. The van der Waals surface area contributed by atoms with Crippen LogP contribution in [-0.2, 0) is 6.54 Å². The van der Waals surface area contributed by atoms with Gasteiger partial charge in [0.05, 0.1) is 37.9 Å². The Morgan fingerprint density at radius 2 is 2.00 bits per heavy atom. The number of carbonyl (C=O) groups excluding carboxylic acids is 1. The maximum absolute atomic E-state index is 13.1. The molecule has 3 aliphatic rings. The monoisotopic (exact) mass is 402 g/mol. The molecule has 1 aromatic carbocycles. The average Bonchev–Trinajstić information content (AvgIpc) is 3.08. The zero-order chi connectivity index (χ0) is 20.0. The summed E-state index contributed by atoms with van der Waals surface area (Å²) in [4.78, 5) is 18.9. The van der Waals surface area contributed by atoms with Crippen LogP contribution in [0.25, 0.3) is 11.3 Å². The Morgan fingerprint density at radius 1 is 1.21 bits per heavy atom. The first-order valence-electron chi connectivity index (χ1n) is 10.2. The summed E-state index contributed by atoms with van der Waals surface area (Å²) >= 11 is 0. The van der Waals surface area contributed by atoms with Crippen LogP contribution < -0.4 is 10.1 Å². The van der Waals surface area contributed by atoms with Gasteiger partial charge < -0.3 is 14.6 Å². The molecular formula is C21H24F2N4O2. The third-order valence-electron chi connectivity index (χ3n) is 6.24. The Labute approximate surface area is 167 Å². The van der Waals surface area contributed by atoms with Gasteiger partial charge in [0.25, 0.3) is 11.8 Å². The highest BCUT2D eigenvalue weighted by molar-refractivity contribution is 5.96. The fourth-order valence-electron chi connectivity index (χ4n) is 4.63. The first-order chi connectivity index (χ1) is 14.0. The summed E-state index contributed by atoms with van der Waals surface area (Å²) in [7, 11) is 0. The predicted octanol–water partition coefficient (Wildman–Crippen LogP) is 2.93. The third-order valence-corrected chi connectivity index (χ3v) is 6.24. The summed E-state index contributed by atoms with van der Waals surface area (Å²) in [6, 6.07) is 5.79. The zero-order valence-corrected chi connectivity index (χ0v) is 16.1. The Kier molecular flexibility index (Phi) is 4.53. The number of ether oxygens (including phenoxy) is 1. The highest BCUT2D eigenvalue weighted by Gasteiger charge is 2.47. The molecule has 0 spiro atoms. The van der Waals surface area contributed by atoms with Gasteiger partial charge >= 0.3 is 0 Å². The van der Waals surface area contributed by atoms with Crippen LogP contribution in [0.1, 0.15) is 36.0 Å². The van der Waals surface area contributed by atoms with E-state index in [2.05, 4.69) is 10.3 Å². The van der Waals surface area contributed by atoms with Crippen molar-refractivity contribution < 1.29 is 18.3 Å². The van der Waals surface area contributed by atoms with E-state index in [1.54, 1.807) is 18.6 Å². The molecule has 1 amide bonds. The molecule has 1 saturated carbocycles. The number of imidazole rings is 1. The van der Waals surface area contributed by atoms with Crippen molar-refractivity contribution in [2.75, 3.05) is 19.7 Å². The van der Waals surface area contributed by atoms with Gasteiger partial charge in [0.2, 0.25) is 0 Å². The van der Waals surface area contributed by atoms with Crippen LogP contribution in [0, 0.1) is 0 Å². The van der Waals surface area contributed by atoms with Crippen molar-refractivity contribution in [1.29, 1.82) is 0 Å². The van der Waals surface area contributed by atoms with Crippen LogP contribution in [0.15, 0.2) is 30.7 Å². The van der Waals surface area contributed by atoms with E-state index in [1.807, 2.05) is 21.6 Å². The van der Waals surface area contributed by atoms with Gasteiger partial charge in [-0.25, -0.2) is 13.8 Å². The van der Waals surface area contributed by atoms with E-state index in [-0.39, 0.29) is 31.1 Å². The van der Waals surface area contributed by atoms with E-state index in [0.717, 1.165) is 49.2 Å². The van der Waals surface area contributed by atoms with E-state index in [0.29, 0.717) is 12.2 Å². The molecule has 1 saturated heterocycles. The van der Waals surface area contributed by atoms with E-state index in [4.69, 9.17) is 4.74 Å². The Hall–Kier alpha value is -2.48. The van der Waals surface area contributed by atoms with E-state index < -0.39 is 5.92 Å². The SMILES string of the molecule is O=C(NC1CCC(N2CC(F)(F)C2)CC1)c1ccc2c(c1)-c1cncn1CCO2. The van der Waals surface area contributed by atoms with Crippen LogP contribution in [-0.4, -0.2) is 58.1 Å². The molecule has 2 fully saturated rings. The lowest BCUT2D eigenvalue weighted by Gasteiger charge is -2.46. The Balaban J connectivity index is 1.23. The van der Waals surface area contributed by atoms with Gasteiger partial charge in [0.1, 0.15) is 12.4 Å².